The third-order valence-electron chi connectivity index (χ3n) is 1.30. The standard InChI is InChI=1S/C7H4Cl3N3OS/c8-2-1-3(9)13-5(10)4(2)6(14)15-7(11)12/h1H,(H3,11,12). The number of halogens is 3. The third kappa shape index (κ3) is 3.24. The minimum atomic E-state index is -0.540. The summed E-state index contributed by atoms with van der Waals surface area (Å²) in [5.41, 5.74) is 5.06. The molecule has 80 valence electrons. The van der Waals surface area contributed by atoms with Gasteiger partial charge in [0.05, 0.1) is 10.6 Å². The van der Waals surface area contributed by atoms with Gasteiger partial charge in [0, 0.05) is 0 Å². The number of hydrogen-bond acceptors (Lipinski definition) is 4. The SMILES string of the molecule is N=C(N)SC(=O)c1c(Cl)cc(Cl)nc1Cl. The zero-order chi connectivity index (χ0) is 11.6. The van der Waals surface area contributed by atoms with E-state index in [-0.39, 0.29) is 26.1 Å². The van der Waals surface area contributed by atoms with Gasteiger partial charge < -0.3 is 5.73 Å². The molecule has 0 saturated carbocycles. The Kier molecular flexibility index (Phi) is 4.21. The second-order valence-corrected chi connectivity index (χ2v) is 4.51. The summed E-state index contributed by atoms with van der Waals surface area (Å²) in [5, 5.41) is 6.13. The lowest BCUT2D eigenvalue weighted by atomic mass is 10.3. The molecule has 0 atom stereocenters. The lowest BCUT2D eigenvalue weighted by molar-refractivity contribution is 0.109. The summed E-state index contributed by atoms with van der Waals surface area (Å²) in [6.07, 6.45) is 0. The van der Waals surface area contributed by atoms with Crippen molar-refractivity contribution in [3.8, 4) is 0 Å². The maximum Gasteiger partial charge on any atom is 0.231 e. The molecule has 1 rings (SSSR count). The number of rotatable bonds is 1. The van der Waals surface area contributed by atoms with Crippen LogP contribution in [0.3, 0.4) is 0 Å². The number of nitrogens with zero attached hydrogens (tertiary/aromatic N) is 1. The van der Waals surface area contributed by atoms with E-state index in [1.54, 1.807) is 0 Å². The number of amidine groups is 1. The fourth-order valence-corrected chi connectivity index (χ4v) is 2.31. The van der Waals surface area contributed by atoms with Crippen molar-refractivity contribution in [2.75, 3.05) is 0 Å². The maximum absolute atomic E-state index is 11.5. The normalized spacial score (nSPS) is 10.1. The molecule has 0 fully saturated rings. The van der Waals surface area contributed by atoms with Gasteiger partial charge in [-0.25, -0.2) is 4.98 Å². The van der Waals surface area contributed by atoms with Gasteiger partial charge in [0.2, 0.25) is 5.12 Å². The Bertz CT molecular complexity index is 414. The van der Waals surface area contributed by atoms with Crippen molar-refractivity contribution >= 4 is 56.8 Å². The predicted octanol–water partition coefficient (Wildman–Crippen LogP) is 2.81. The first kappa shape index (κ1) is 12.6. The molecule has 0 bridgehead atoms. The summed E-state index contributed by atoms with van der Waals surface area (Å²) in [7, 11) is 0. The van der Waals surface area contributed by atoms with E-state index in [4.69, 9.17) is 45.9 Å². The molecule has 0 aliphatic carbocycles. The van der Waals surface area contributed by atoms with Crippen molar-refractivity contribution in [1.29, 1.82) is 5.41 Å². The molecular formula is C7H4Cl3N3OS. The average molecular weight is 285 g/mol. The van der Waals surface area contributed by atoms with E-state index in [2.05, 4.69) is 4.98 Å². The van der Waals surface area contributed by atoms with E-state index in [0.717, 1.165) is 0 Å². The first-order chi connectivity index (χ1) is 6.91. The van der Waals surface area contributed by atoms with Crippen LogP contribution in [0.4, 0.5) is 0 Å². The molecule has 1 heterocycles. The summed E-state index contributed by atoms with van der Waals surface area (Å²) >= 11 is 17.5. The Hall–Kier alpha value is -0.490. The van der Waals surface area contributed by atoms with Gasteiger partial charge in [0.15, 0.2) is 5.17 Å². The van der Waals surface area contributed by atoms with Crippen LogP contribution in [0.5, 0.6) is 0 Å². The van der Waals surface area contributed by atoms with E-state index in [9.17, 15) is 4.79 Å². The molecule has 0 saturated heterocycles. The zero-order valence-corrected chi connectivity index (χ0v) is 10.1. The average Bonchev–Trinajstić information content (AvgIpc) is 1.99. The van der Waals surface area contributed by atoms with Gasteiger partial charge in [-0.2, -0.15) is 0 Å². The molecule has 15 heavy (non-hydrogen) atoms. The number of pyridine rings is 1. The lowest BCUT2D eigenvalue weighted by Gasteiger charge is -2.04. The monoisotopic (exact) mass is 283 g/mol. The quantitative estimate of drug-likeness (QED) is 0.472. The van der Waals surface area contributed by atoms with Crippen LogP contribution in [-0.2, 0) is 0 Å². The third-order valence-corrected chi connectivity index (χ3v) is 2.68. The number of hydrogen-bond donors (Lipinski definition) is 2. The molecule has 0 amide bonds. The zero-order valence-electron chi connectivity index (χ0n) is 7.05. The first-order valence-electron chi connectivity index (χ1n) is 3.49. The van der Waals surface area contributed by atoms with Crippen LogP contribution in [0.2, 0.25) is 15.3 Å². The Balaban J connectivity index is 3.14. The van der Waals surface area contributed by atoms with Crippen LogP contribution in [0.25, 0.3) is 0 Å². The number of nitrogens with two attached hydrogens (primary N) is 1. The highest BCUT2D eigenvalue weighted by Gasteiger charge is 2.18. The lowest BCUT2D eigenvalue weighted by Crippen LogP contribution is -2.09. The Morgan fingerprint density at radius 2 is 2.07 bits per heavy atom. The summed E-state index contributed by atoms with van der Waals surface area (Å²) in [6.45, 7) is 0. The van der Waals surface area contributed by atoms with Crippen LogP contribution >= 0.6 is 46.6 Å². The van der Waals surface area contributed by atoms with Crippen LogP contribution < -0.4 is 5.73 Å². The molecule has 0 unspecified atom stereocenters. The molecule has 1 aromatic heterocycles. The fraction of sp³-hybridized carbons (Fsp3) is 0. The highest BCUT2D eigenvalue weighted by Crippen LogP contribution is 2.29. The van der Waals surface area contributed by atoms with Crippen LogP contribution in [0.1, 0.15) is 10.4 Å². The number of carbonyl (C=O) groups excluding carboxylic acids is 1. The molecular weight excluding hydrogens is 281 g/mol. The van der Waals surface area contributed by atoms with Crippen molar-refractivity contribution < 1.29 is 4.79 Å². The Labute approximate surface area is 105 Å². The fourth-order valence-electron chi connectivity index (χ4n) is 0.790. The van der Waals surface area contributed by atoms with Crippen molar-refractivity contribution in [2.45, 2.75) is 0 Å². The molecule has 0 aliphatic heterocycles. The molecule has 1 aromatic rings. The van der Waals surface area contributed by atoms with Crippen molar-refractivity contribution in [1.82, 2.24) is 4.98 Å². The van der Waals surface area contributed by atoms with E-state index in [0.29, 0.717) is 11.8 Å². The van der Waals surface area contributed by atoms with Gasteiger partial charge in [0.25, 0.3) is 0 Å². The van der Waals surface area contributed by atoms with Gasteiger partial charge in [-0.1, -0.05) is 34.8 Å². The molecule has 0 spiro atoms. The van der Waals surface area contributed by atoms with Crippen LogP contribution in [0, 0.1) is 5.41 Å². The van der Waals surface area contributed by atoms with Gasteiger partial charge in [-0.15, -0.1) is 0 Å². The molecule has 0 aromatic carbocycles. The number of nitrogens with one attached hydrogen (secondary N) is 1. The van der Waals surface area contributed by atoms with Gasteiger partial charge in [-0.05, 0) is 17.8 Å². The van der Waals surface area contributed by atoms with E-state index < -0.39 is 5.12 Å². The second-order valence-electron chi connectivity index (χ2n) is 2.35. The van der Waals surface area contributed by atoms with Crippen LogP contribution in [0.15, 0.2) is 6.07 Å². The van der Waals surface area contributed by atoms with E-state index in [1.807, 2.05) is 0 Å². The maximum atomic E-state index is 11.5. The molecule has 3 N–H and O–H groups in total. The smallest absolute Gasteiger partial charge is 0.231 e. The summed E-state index contributed by atoms with van der Waals surface area (Å²) in [4.78, 5) is 15.2. The second kappa shape index (κ2) is 5.03. The van der Waals surface area contributed by atoms with Crippen LogP contribution in [-0.4, -0.2) is 15.3 Å². The summed E-state index contributed by atoms with van der Waals surface area (Å²) in [6, 6.07) is 1.29. The molecule has 8 heteroatoms. The van der Waals surface area contributed by atoms with E-state index in [1.165, 1.54) is 6.07 Å². The van der Waals surface area contributed by atoms with E-state index >= 15 is 0 Å². The minimum absolute atomic E-state index is 0.00272. The highest BCUT2D eigenvalue weighted by atomic mass is 35.5. The first-order valence-corrected chi connectivity index (χ1v) is 5.44. The summed E-state index contributed by atoms with van der Waals surface area (Å²) in [5.74, 6) is 0. The predicted molar refractivity (Wildman–Crippen MR) is 63.1 cm³/mol. The topological polar surface area (TPSA) is 79.8 Å². The Morgan fingerprint density at radius 1 is 1.47 bits per heavy atom. The largest absolute Gasteiger partial charge is 0.378 e. The van der Waals surface area contributed by atoms with Gasteiger partial charge in [-0.3, -0.25) is 10.2 Å². The molecule has 4 nitrogen and oxygen atoms in total. The summed E-state index contributed by atoms with van der Waals surface area (Å²) < 4.78 is 0. The van der Waals surface area contributed by atoms with Gasteiger partial charge >= 0.3 is 0 Å². The van der Waals surface area contributed by atoms with Crippen molar-refractivity contribution in [2.24, 2.45) is 5.73 Å². The van der Waals surface area contributed by atoms with Crippen molar-refractivity contribution in [3.63, 3.8) is 0 Å². The number of thioether (sulfide) groups is 1. The Morgan fingerprint density at radius 3 is 2.53 bits per heavy atom. The number of carbonyl (C=O) groups is 1. The van der Waals surface area contributed by atoms with Crippen molar-refractivity contribution in [3.05, 3.63) is 27.0 Å². The van der Waals surface area contributed by atoms with Gasteiger partial charge in [0.1, 0.15) is 10.3 Å². The number of aromatic nitrogens is 1. The highest BCUT2D eigenvalue weighted by molar-refractivity contribution is 8.26. The minimum Gasteiger partial charge on any atom is -0.378 e. The molecule has 0 aliphatic rings. The molecule has 0 radical (unpaired) electrons.